The summed E-state index contributed by atoms with van der Waals surface area (Å²) >= 11 is 0. The molecule has 0 N–H and O–H groups in total. The molecule has 12 heavy (non-hydrogen) atoms. The van der Waals surface area contributed by atoms with E-state index in [2.05, 4.69) is 9.97 Å². The van der Waals surface area contributed by atoms with Gasteiger partial charge in [0.2, 0.25) is 5.71 Å². The monoisotopic (exact) mass is 162 g/mol. The van der Waals surface area contributed by atoms with Crippen molar-refractivity contribution in [1.29, 1.82) is 0 Å². The summed E-state index contributed by atoms with van der Waals surface area (Å²) in [5.41, 5.74) is 0.990. The number of pyridine rings is 1. The van der Waals surface area contributed by atoms with Gasteiger partial charge in [0, 0.05) is 6.20 Å². The third-order valence-electron chi connectivity index (χ3n) is 1.60. The molecule has 0 saturated carbocycles. The zero-order chi connectivity index (χ0) is 8.55. The number of nitrogens with zero attached hydrogens (tertiary/aromatic N) is 2. The molecule has 0 aromatic carbocycles. The normalized spacial score (nSPS) is 10.4. The first-order valence-corrected chi connectivity index (χ1v) is 3.50. The summed E-state index contributed by atoms with van der Waals surface area (Å²) in [5.74, 6) is -0.598. The first-order valence-electron chi connectivity index (χ1n) is 3.50. The quantitative estimate of drug-likeness (QED) is 0.577. The number of rotatable bonds is 0. The molecule has 2 rings (SSSR count). The van der Waals surface area contributed by atoms with Crippen LogP contribution in [-0.4, -0.2) is 9.97 Å². The van der Waals surface area contributed by atoms with Crippen molar-refractivity contribution in [2.45, 2.75) is 6.92 Å². The van der Waals surface area contributed by atoms with Gasteiger partial charge in [-0.05, 0) is 19.1 Å². The third kappa shape index (κ3) is 0.972. The van der Waals surface area contributed by atoms with Crippen molar-refractivity contribution in [3.8, 4) is 0 Å². The molecule has 0 bridgehead atoms. The molecular formula is C8H6N2O2. The molecule has 0 radical (unpaired) electrons. The number of aromatic nitrogens is 2. The van der Waals surface area contributed by atoms with E-state index >= 15 is 0 Å². The highest BCUT2D eigenvalue weighted by Gasteiger charge is 2.01. The van der Waals surface area contributed by atoms with Gasteiger partial charge in [0.25, 0.3) is 0 Å². The van der Waals surface area contributed by atoms with Crippen LogP contribution >= 0.6 is 0 Å². The summed E-state index contributed by atoms with van der Waals surface area (Å²) in [6.45, 7) is 1.75. The number of aryl methyl sites for hydroxylation is 1. The number of hydrogen-bond acceptors (Lipinski definition) is 4. The fourth-order valence-corrected chi connectivity index (χ4v) is 1.05. The van der Waals surface area contributed by atoms with Crippen molar-refractivity contribution in [1.82, 2.24) is 9.97 Å². The van der Waals surface area contributed by atoms with Crippen molar-refractivity contribution in [2.24, 2.45) is 0 Å². The van der Waals surface area contributed by atoms with Crippen LogP contribution in [0.4, 0.5) is 0 Å². The van der Waals surface area contributed by atoms with Crippen LogP contribution in [0, 0.1) is 6.92 Å². The number of hydrogen-bond donors (Lipinski definition) is 0. The van der Waals surface area contributed by atoms with Gasteiger partial charge in [-0.2, -0.15) is 4.98 Å². The van der Waals surface area contributed by atoms with Crippen molar-refractivity contribution in [2.75, 3.05) is 0 Å². The molecular weight excluding hydrogens is 156 g/mol. The lowest BCUT2D eigenvalue weighted by molar-refractivity contribution is 0.518. The van der Waals surface area contributed by atoms with E-state index in [4.69, 9.17) is 4.42 Å². The Morgan fingerprint density at radius 3 is 3.17 bits per heavy atom. The second kappa shape index (κ2) is 2.41. The molecule has 2 heterocycles. The highest BCUT2D eigenvalue weighted by atomic mass is 16.4. The van der Waals surface area contributed by atoms with Crippen LogP contribution in [0.2, 0.25) is 0 Å². The van der Waals surface area contributed by atoms with Crippen LogP contribution in [-0.2, 0) is 0 Å². The van der Waals surface area contributed by atoms with Gasteiger partial charge in [-0.15, -0.1) is 0 Å². The fraction of sp³-hybridized carbons (Fsp3) is 0.125. The molecule has 60 valence electrons. The standard InChI is InChI=1S/C8H6N2O2/c1-5-6-3-2-4-9-7(6)12-8(11)10-5/h2-4H,1H3. The van der Waals surface area contributed by atoms with Gasteiger partial charge >= 0.3 is 5.76 Å². The van der Waals surface area contributed by atoms with Gasteiger partial charge in [-0.25, -0.2) is 9.78 Å². The van der Waals surface area contributed by atoms with Crippen molar-refractivity contribution < 1.29 is 4.42 Å². The second-order valence-electron chi connectivity index (χ2n) is 2.42. The van der Waals surface area contributed by atoms with E-state index in [0.29, 0.717) is 11.4 Å². The van der Waals surface area contributed by atoms with E-state index < -0.39 is 5.76 Å². The first kappa shape index (κ1) is 6.97. The van der Waals surface area contributed by atoms with Crippen LogP contribution in [0.15, 0.2) is 27.5 Å². The number of fused-ring (bicyclic) bond motifs is 1. The molecule has 2 aromatic heterocycles. The van der Waals surface area contributed by atoms with Gasteiger partial charge in [0.05, 0.1) is 11.1 Å². The van der Waals surface area contributed by atoms with Crippen molar-refractivity contribution in [3.63, 3.8) is 0 Å². The summed E-state index contributed by atoms with van der Waals surface area (Å²) in [4.78, 5) is 18.3. The fourth-order valence-electron chi connectivity index (χ4n) is 1.05. The minimum atomic E-state index is -0.598. The molecule has 0 atom stereocenters. The Morgan fingerprint density at radius 2 is 2.33 bits per heavy atom. The summed E-state index contributed by atoms with van der Waals surface area (Å²) in [5, 5.41) is 0.775. The lowest BCUT2D eigenvalue weighted by atomic mass is 10.3. The van der Waals surface area contributed by atoms with Gasteiger partial charge in [-0.1, -0.05) is 0 Å². The van der Waals surface area contributed by atoms with Crippen LogP contribution in [0.1, 0.15) is 5.69 Å². The molecule has 0 aliphatic rings. The van der Waals surface area contributed by atoms with Crippen LogP contribution in [0.25, 0.3) is 11.1 Å². The molecule has 0 saturated heterocycles. The second-order valence-corrected chi connectivity index (χ2v) is 2.42. The van der Waals surface area contributed by atoms with Crippen molar-refractivity contribution >= 4 is 11.1 Å². The average Bonchev–Trinajstić information content (AvgIpc) is 2.04. The maximum absolute atomic E-state index is 10.8. The molecule has 2 aromatic rings. The van der Waals surface area contributed by atoms with Crippen LogP contribution in [0.5, 0.6) is 0 Å². The lowest BCUT2D eigenvalue weighted by Gasteiger charge is -1.95. The Hall–Kier alpha value is -1.71. The molecule has 0 spiro atoms. The smallest absolute Gasteiger partial charge is 0.389 e. The molecule has 4 nitrogen and oxygen atoms in total. The van der Waals surface area contributed by atoms with Gasteiger partial charge in [0.1, 0.15) is 0 Å². The van der Waals surface area contributed by atoms with Gasteiger partial charge in [0.15, 0.2) is 0 Å². The minimum absolute atomic E-state index is 0.343. The van der Waals surface area contributed by atoms with E-state index in [0.717, 1.165) is 5.39 Å². The molecule has 0 amide bonds. The summed E-state index contributed by atoms with van der Waals surface area (Å²) in [6, 6.07) is 3.59. The molecule has 0 aliphatic carbocycles. The molecule has 0 aliphatic heterocycles. The lowest BCUT2D eigenvalue weighted by Crippen LogP contribution is -2.05. The Balaban J connectivity index is 2.99. The Labute approximate surface area is 67.9 Å². The highest BCUT2D eigenvalue weighted by Crippen LogP contribution is 2.09. The van der Waals surface area contributed by atoms with E-state index in [1.807, 2.05) is 6.07 Å². The Morgan fingerprint density at radius 1 is 1.50 bits per heavy atom. The zero-order valence-corrected chi connectivity index (χ0v) is 6.44. The SMILES string of the molecule is Cc1nc(=O)oc2ncccc12. The Kier molecular flexibility index (Phi) is 1.40. The molecule has 0 unspecified atom stereocenters. The van der Waals surface area contributed by atoms with Gasteiger partial charge < -0.3 is 4.42 Å². The van der Waals surface area contributed by atoms with E-state index in [-0.39, 0.29) is 0 Å². The average molecular weight is 162 g/mol. The van der Waals surface area contributed by atoms with Crippen LogP contribution in [0.3, 0.4) is 0 Å². The van der Waals surface area contributed by atoms with Crippen LogP contribution < -0.4 is 5.76 Å². The third-order valence-corrected chi connectivity index (χ3v) is 1.60. The highest BCUT2D eigenvalue weighted by molar-refractivity contribution is 5.74. The van der Waals surface area contributed by atoms with Gasteiger partial charge in [-0.3, -0.25) is 0 Å². The predicted molar refractivity (Wildman–Crippen MR) is 42.8 cm³/mol. The first-order chi connectivity index (χ1) is 5.77. The topological polar surface area (TPSA) is 56.0 Å². The zero-order valence-electron chi connectivity index (χ0n) is 6.44. The maximum Gasteiger partial charge on any atom is 0.440 e. The van der Waals surface area contributed by atoms with Crippen molar-refractivity contribution in [3.05, 3.63) is 34.6 Å². The summed E-state index contributed by atoms with van der Waals surface area (Å²) < 4.78 is 4.76. The molecule has 0 fully saturated rings. The van der Waals surface area contributed by atoms with E-state index in [1.54, 1.807) is 19.2 Å². The minimum Gasteiger partial charge on any atom is -0.389 e. The maximum atomic E-state index is 10.8. The Bertz CT molecular complexity index is 476. The van der Waals surface area contributed by atoms with E-state index in [9.17, 15) is 4.79 Å². The van der Waals surface area contributed by atoms with E-state index in [1.165, 1.54) is 0 Å². The summed E-state index contributed by atoms with van der Waals surface area (Å²) in [7, 11) is 0. The summed E-state index contributed by atoms with van der Waals surface area (Å²) in [6.07, 6.45) is 1.57. The molecule has 4 heteroatoms. The predicted octanol–water partition coefficient (Wildman–Crippen LogP) is 0.891. The largest absolute Gasteiger partial charge is 0.440 e.